The number of rotatable bonds is 8. The third-order valence-electron chi connectivity index (χ3n) is 8.74. The number of amides is 2. The van der Waals surface area contributed by atoms with Gasteiger partial charge in [-0.25, -0.2) is 9.78 Å². The van der Waals surface area contributed by atoms with Gasteiger partial charge in [-0.15, -0.1) is 0 Å². The molecule has 2 aromatic heterocycles. The summed E-state index contributed by atoms with van der Waals surface area (Å²) in [5.74, 6) is -1.81. The number of aromatic nitrogens is 2. The zero-order valence-electron chi connectivity index (χ0n) is 27.4. The Morgan fingerprint density at radius 3 is 2.46 bits per heavy atom. The number of alkyl carbamates (subject to hydrolysis) is 1. The van der Waals surface area contributed by atoms with E-state index in [4.69, 9.17) is 14.5 Å². The van der Waals surface area contributed by atoms with Gasteiger partial charge in [0.05, 0.1) is 23.4 Å². The lowest BCUT2D eigenvalue weighted by atomic mass is 9.76. The lowest BCUT2D eigenvalue weighted by molar-refractivity contribution is -0.170. The van der Waals surface area contributed by atoms with Crippen LogP contribution in [-0.4, -0.2) is 51.5 Å². The maximum Gasteiger partial charge on any atom is 0.408 e. The van der Waals surface area contributed by atoms with Crippen molar-refractivity contribution in [1.82, 2.24) is 20.2 Å². The fraction of sp³-hybridized carbons (Fsp3) is 0.351. The lowest BCUT2D eigenvalue weighted by Gasteiger charge is -2.36. The van der Waals surface area contributed by atoms with E-state index in [1.807, 2.05) is 60.7 Å². The van der Waals surface area contributed by atoms with Crippen LogP contribution >= 0.6 is 0 Å². The van der Waals surface area contributed by atoms with Crippen molar-refractivity contribution in [1.29, 1.82) is 0 Å². The molecule has 0 spiro atoms. The molecule has 0 saturated carbocycles. The maximum atomic E-state index is 13.9. The molecule has 2 amide bonds. The quantitative estimate of drug-likeness (QED) is 0.236. The van der Waals surface area contributed by atoms with E-state index in [0.717, 1.165) is 22.0 Å². The lowest BCUT2D eigenvalue weighted by Crippen LogP contribution is -2.51. The van der Waals surface area contributed by atoms with Gasteiger partial charge in [-0.2, -0.15) is 0 Å². The molecule has 1 unspecified atom stereocenters. The maximum absolute atomic E-state index is 13.9. The minimum absolute atomic E-state index is 0.0309. The first-order chi connectivity index (χ1) is 22.9. The standard InChI is InChI=1S/C37H38N4O7/c1-5-37(47-31(43)20-38-33(44)28(17-22-11-7-6-8-12-22)40-35(46)48-36(2,3)4)26-19-29-32-24(18-23-13-9-10-14-27(23)39-32)21-41(29)34(45)25(26)15-16-30(37)42/h6-14,18-19,28H,5,15-17,20-21H2,1-4H3,(H,38,44)(H,40,46)/t28?,37-/m0/s1. The summed E-state index contributed by atoms with van der Waals surface area (Å²) in [5, 5.41) is 6.11. The van der Waals surface area contributed by atoms with Crippen molar-refractivity contribution in [2.45, 2.75) is 77.2 Å². The van der Waals surface area contributed by atoms with Gasteiger partial charge in [-0.3, -0.25) is 19.2 Å². The van der Waals surface area contributed by atoms with Gasteiger partial charge in [0.1, 0.15) is 18.2 Å². The number of fused-ring (bicyclic) bond motifs is 5. The van der Waals surface area contributed by atoms with E-state index in [9.17, 15) is 24.0 Å². The van der Waals surface area contributed by atoms with Gasteiger partial charge in [0.2, 0.25) is 5.91 Å². The molecular formula is C37H38N4O7. The van der Waals surface area contributed by atoms with Crippen LogP contribution in [0.4, 0.5) is 4.79 Å². The molecule has 2 N–H and O–H groups in total. The van der Waals surface area contributed by atoms with E-state index in [1.54, 1.807) is 38.3 Å². The Bertz CT molecular complexity index is 2000. The Balaban J connectivity index is 1.24. The first-order valence-corrected chi connectivity index (χ1v) is 16.1. The topological polar surface area (TPSA) is 146 Å². The van der Waals surface area contributed by atoms with Crippen molar-refractivity contribution in [2.24, 2.45) is 0 Å². The summed E-state index contributed by atoms with van der Waals surface area (Å²) < 4.78 is 13.0. The summed E-state index contributed by atoms with van der Waals surface area (Å²) in [6, 6.07) is 19.5. The molecule has 248 valence electrons. The summed E-state index contributed by atoms with van der Waals surface area (Å²) in [5.41, 5.74) is 1.73. The first-order valence-electron chi connectivity index (χ1n) is 16.1. The number of hydrogen-bond donors (Lipinski definition) is 2. The Morgan fingerprint density at radius 1 is 1.00 bits per heavy atom. The van der Waals surface area contributed by atoms with Crippen molar-refractivity contribution in [3.63, 3.8) is 0 Å². The minimum Gasteiger partial charge on any atom is -0.445 e. The van der Waals surface area contributed by atoms with Gasteiger partial charge in [0.25, 0.3) is 5.56 Å². The molecule has 0 radical (unpaired) electrons. The molecule has 0 fully saturated rings. The summed E-state index contributed by atoms with van der Waals surface area (Å²) in [6.07, 6.45) is -0.282. The van der Waals surface area contributed by atoms with Crippen LogP contribution in [0.5, 0.6) is 0 Å². The van der Waals surface area contributed by atoms with Crippen LogP contribution in [0.15, 0.2) is 71.5 Å². The number of benzene rings is 2. The van der Waals surface area contributed by atoms with Gasteiger partial charge >= 0.3 is 12.1 Å². The van der Waals surface area contributed by atoms with Crippen LogP contribution in [0.3, 0.4) is 0 Å². The number of para-hydroxylation sites is 1. The van der Waals surface area contributed by atoms with Gasteiger partial charge < -0.3 is 24.7 Å². The van der Waals surface area contributed by atoms with E-state index in [1.165, 1.54) is 0 Å². The van der Waals surface area contributed by atoms with Crippen molar-refractivity contribution >= 4 is 34.7 Å². The highest BCUT2D eigenvalue weighted by Gasteiger charge is 2.48. The number of carbonyl (C=O) groups is 4. The van der Waals surface area contributed by atoms with Crippen LogP contribution < -0.4 is 16.2 Å². The third-order valence-corrected chi connectivity index (χ3v) is 8.74. The van der Waals surface area contributed by atoms with Gasteiger partial charge in [-0.1, -0.05) is 55.5 Å². The van der Waals surface area contributed by atoms with Crippen molar-refractivity contribution in [2.75, 3.05) is 6.54 Å². The Morgan fingerprint density at radius 2 is 1.73 bits per heavy atom. The fourth-order valence-corrected chi connectivity index (χ4v) is 6.50. The van der Waals surface area contributed by atoms with E-state index in [-0.39, 0.29) is 37.0 Å². The summed E-state index contributed by atoms with van der Waals surface area (Å²) in [7, 11) is 0. The van der Waals surface area contributed by atoms with Crippen LogP contribution in [0, 0.1) is 0 Å². The molecule has 2 aliphatic rings. The molecule has 0 saturated heterocycles. The average molecular weight is 651 g/mol. The summed E-state index contributed by atoms with van der Waals surface area (Å²) in [6.45, 7) is 6.65. The van der Waals surface area contributed by atoms with Crippen LogP contribution in [-0.2, 0) is 48.8 Å². The molecule has 48 heavy (non-hydrogen) atoms. The minimum atomic E-state index is -1.71. The number of nitrogens with one attached hydrogen (secondary N) is 2. The van der Waals surface area contributed by atoms with Gasteiger partial charge in [0, 0.05) is 34.9 Å². The molecule has 11 nitrogen and oxygen atoms in total. The van der Waals surface area contributed by atoms with Crippen molar-refractivity contribution < 1.29 is 28.7 Å². The smallest absolute Gasteiger partial charge is 0.408 e. The van der Waals surface area contributed by atoms with Gasteiger partial charge in [-0.05, 0) is 57.4 Å². The summed E-state index contributed by atoms with van der Waals surface area (Å²) >= 11 is 0. The van der Waals surface area contributed by atoms with Crippen LogP contribution in [0.2, 0.25) is 0 Å². The van der Waals surface area contributed by atoms with Crippen molar-refractivity contribution in [3.05, 3.63) is 99.3 Å². The molecule has 0 bridgehead atoms. The third kappa shape index (κ3) is 6.32. The van der Waals surface area contributed by atoms with E-state index >= 15 is 0 Å². The molecule has 2 aromatic carbocycles. The van der Waals surface area contributed by atoms with E-state index in [0.29, 0.717) is 29.1 Å². The Hall–Kier alpha value is -5.32. The zero-order valence-corrected chi connectivity index (χ0v) is 27.4. The SMILES string of the molecule is CC[C@@]1(OC(=O)CNC(=O)C(Cc2ccccc2)NC(=O)OC(C)(C)C)C(=O)CCc2c1cc1n(c2=O)Cc2cc3ccccc3nc2-1. The predicted octanol–water partition coefficient (Wildman–Crippen LogP) is 4.34. The predicted molar refractivity (Wildman–Crippen MR) is 178 cm³/mol. The molecule has 3 heterocycles. The second-order valence-electron chi connectivity index (χ2n) is 13.2. The normalized spacial score (nSPS) is 17.1. The molecule has 11 heteroatoms. The second kappa shape index (κ2) is 12.7. The average Bonchev–Trinajstić information content (AvgIpc) is 3.41. The van der Waals surface area contributed by atoms with Crippen LogP contribution in [0.25, 0.3) is 22.3 Å². The molecule has 1 aliphatic heterocycles. The number of ether oxygens (including phenoxy) is 2. The largest absolute Gasteiger partial charge is 0.445 e. The van der Waals surface area contributed by atoms with E-state index < -0.39 is 41.8 Å². The van der Waals surface area contributed by atoms with Crippen molar-refractivity contribution in [3.8, 4) is 11.4 Å². The molecular weight excluding hydrogens is 612 g/mol. The number of Topliss-reactive ketones (excluding diaryl/α,β-unsaturated/α-hetero) is 1. The monoisotopic (exact) mass is 650 g/mol. The first kappa shape index (κ1) is 32.6. The molecule has 4 aromatic rings. The Kier molecular flexibility index (Phi) is 8.63. The number of esters is 1. The fourth-order valence-electron chi connectivity index (χ4n) is 6.50. The second-order valence-corrected chi connectivity index (χ2v) is 13.2. The van der Waals surface area contributed by atoms with Gasteiger partial charge in [0.15, 0.2) is 11.4 Å². The highest BCUT2D eigenvalue weighted by molar-refractivity contribution is 5.94. The number of pyridine rings is 2. The number of nitrogens with zero attached hydrogens (tertiary/aromatic N) is 2. The zero-order chi connectivity index (χ0) is 34.2. The number of hydrogen-bond acceptors (Lipinski definition) is 8. The Labute approximate surface area is 277 Å². The molecule has 2 atom stereocenters. The number of carbonyl (C=O) groups excluding carboxylic acids is 4. The number of ketones is 1. The highest BCUT2D eigenvalue weighted by Crippen LogP contribution is 2.41. The molecule has 6 rings (SSSR count). The molecule has 1 aliphatic carbocycles. The highest BCUT2D eigenvalue weighted by atomic mass is 16.6. The summed E-state index contributed by atoms with van der Waals surface area (Å²) in [4.78, 5) is 71.6. The van der Waals surface area contributed by atoms with E-state index in [2.05, 4.69) is 10.6 Å². The van der Waals surface area contributed by atoms with Crippen LogP contribution in [0.1, 0.15) is 62.8 Å².